The maximum Gasteiger partial charge on any atom is 0.0411 e. The lowest BCUT2D eigenvalue weighted by atomic mass is 10.2. The van der Waals surface area contributed by atoms with Crippen molar-refractivity contribution in [2.75, 3.05) is 5.32 Å². The van der Waals surface area contributed by atoms with Crippen molar-refractivity contribution in [3.8, 4) is 0 Å². The third kappa shape index (κ3) is 4.36. The van der Waals surface area contributed by atoms with Crippen LogP contribution in [0.4, 0.5) is 5.69 Å². The smallest absolute Gasteiger partial charge is 0.0411 e. The van der Waals surface area contributed by atoms with E-state index >= 15 is 0 Å². The number of hydrogen-bond acceptors (Lipinski definition) is 1. The molecule has 0 saturated carbocycles. The highest BCUT2D eigenvalue weighted by atomic mass is 14.9. The van der Waals surface area contributed by atoms with Crippen LogP contribution >= 0.6 is 0 Å². The monoisotopic (exact) mass is 177 g/mol. The second-order valence-corrected chi connectivity index (χ2v) is 2.72. The van der Waals surface area contributed by atoms with Crippen molar-refractivity contribution >= 4 is 5.69 Å². The first kappa shape index (κ1) is 11.8. The van der Waals surface area contributed by atoms with Crippen LogP contribution in [0.1, 0.15) is 26.3 Å². The van der Waals surface area contributed by atoms with E-state index in [1.165, 1.54) is 5.56 Å². The van der Waals surface area contributed by atoms with Crippen molar-refractivity contribution in [3.05, 3.63) is 42.1 Å². The van der Waals surface area contributed by atoms with Crippen LogP contribution in [-0.4, -0.2) is 0 Å². The topological polar surface area (TPSA) is 12.0 Å². The number of aryl methyl sites for hydroxylation is 1. The number of hydrogen-bond donors (Lipinski definition) is 1. The summed E-state index contributed by atoms with van der Waals surface area (Å²) in [6, 6.07) is 8.16. The molecule has 0 fully saturated rings. The molecule has 1 rings (SSSR count). The van der Waals surface area contributed by atoms with Gasteiger partial charge in [0.2, 0.25) is 0 Å². The van der Waals surface area contributed by atoms with E-state index in [0.717, 1.165) is 11.4 Å². The Morgan fingerprint density at radius 2 is 1.77 bits per heavy atom. The number of allylic oxidation sites excluding steroid dienone is 1. The van der Waals surface area contributed by atoms with Gasteiger partial charge in [-0.1, -0.05) is 38.6 Å². The highest BCUT2D eigenvalue weighted by Crippen LogP contribution is 2.14. The summed E-state index contributed by atoms with van der Waals surface area (Å²) in [5.41, 5.74) is 3.36. The first-order valence-corrected chi connectivity index (χ1v) is 4.68. The molecule has 1 N–H and O–H groups in total. The summed E-state index contributed by atoms with van der Waals surface area (Å²) in [5, 5.41) is 3.18. The van der Waals surface area contributed by atoms with Gasteiger partial charge in [-0.2, -0.15) is 0 Å². The minimum atomic E-state index is 0.972. The Morgan fingerprint density at radius 1 is 1.23 bits per heavy atom. The molecular weight excluding hydrogens is 158 g/mol. The Kier molecular flexibility index (Phi) is 5.69. The Morgan fingerprint density at radius 3 is 2.23 bits per heavy atom. The van der Waals surface area contributed by atoms with E-state index < -0.39 is 0 Å². The molecule has 0 unspecified atom stereocenters. The number of nitrogens with one attached hydrogen (secondary N) is 1. The number of rotatable bonds is 2. The van der Waals surface area contributed by atoms with E-state index in [4.69, 9.17) is 0 Å². The molecule has 1 aromatic rings. The average Bonchev–Trinajstić information content (AvgIpc) is 2.12. The third-order valence-corrected chi connectivity index (χ3v) is 1.49. The zero-order chi connectivity index (χ0) is 10.3. The van der Waals surface area contributed by atoms with Crippen LogP contribution in [0, 0.1) is 6.92 Å². The summed E-state index contributed by atoms with van der Waals surface area (Å²) in [6.07, 6.45) is 0. The molecule has 1 aromatic carbocycles. The van der Waals surface area contributed by atoms with Crippen molar-refractivity contribution in [2.24, 2.45) is 0 Å². The summed E-state index contributed by atoms with van der Waals surface area (Å²) in [4.78, 5) is 0. The number of anilines is 1. The molecule has 0 aliphatic rings. The summed E-state index contributed by atoms with van der Waals surface area (Å²) in [7, 11) is 0. The van der Waals surface area contributed by atoms with Gasteiger partial charge in [0, 0.05) is 11.4 Å². The lowest BCUT2D eigenvalue weighted by Gasteiger charge is -2.07. The van der Waals surface area contributed by atoms with E-state index in [0.29, 0.717) is 0 Å². The Hall–Kier alpha value is -1.24. The molecule has 0 aromatic heterocycles. The molecule has 0 saturated heterocycles. The van der Waals surface area contributed by atoms with Crippen LogP contribution in [-0.2, 0) is 0 Å². The zero-order valence-electron chi connectivity index (χ0n) is 9.02. The van der Waals surface area contributed by atoms with Gasteiger partial charge in [-0.3, -0.25) is 0 Å². The van der Waals surface area contributed by atoms with Gasteiger partial charge in [0.05, 0.1) is 0 Å². The van der Waals surface area contributed by atoms with Crippen LogP contribution in [0.25, 0.3) is 0 Å². The minimum Gasteiger partial charge on any atom is -0.360 e. The predicted molar refractivity (Wildman–Crippen MR) is 61.0 cm³/mol. The second kappa shape index (κ2) is 6.30. The SMILES string of the molecule is C=C(C)Nc1ccccc1C.CC. The Labute approximate surface area is 81.5 Å². The van der Waals surface area contributed by atoms with Crippen LogP contribution in [0.15, 0.2) is 36.5 Å². The van der Waals surface area contributed by atoms with E-state index in [9.17, 15) is 0 Å². The number of para-hydroxylation sites is 1. The predicted octanol–water partition coefficient (Wildman–Crippen LogP) is 3.97. The van der Waals surface area contributed by atoms with E-state index in [-0.39, 0.29) is 0 Å². The van der Waals surface area contributed by atoms with E-state index in [1.807, 2.05) is 39.0 Å². The van der Waals surface area contributed by atoms with Crippen LogP contribution < -0.4 is 5.32 Å². The van der Waals surface area contributed by atoms with Crippen molar-refractivity contribution < 1.29 is 0 Å². The fourth-order valence-electron chi connectivity index (χ4n) is 0.943. The lowest BCUT2D eigenvalue weighted by Crippen LogP contribution is -1.94. The first-order chi connectivity index (χ1) is 6.20. The fraction of sp³-hybridized carbons (Fsp3) is 0.333. The minimum absolute atomic E-state index is 0.972. The second-order valence-electron chi connectivity index (χ2n) is 2.72. The van der Waals surface area contributed by atoms with Gasteiger partial charge in [-0.05, 0) is 25.5 Å². The maximum atomic E-state index is 3.78. The summed E-state index contributed by atoms with van der Waals surface area (Å²) < 4.78 is 0. The third-order valence-electron chi connectivity index (χ3n) is 1.49. The molecule has 0 amide bonds. The van der Waals surface area contributed by atoms with Crippen molar-refractivity contribution in [2.45, 2.75) is 27.7 Å². The molecule has 0 spiro atoms. The van der Waals surface area contributed by atoms with Gasteiger partial charge < -0.3 is 5.32 Å². The highest BCUT2D eigenvalue weighted by Gasteiger charge is 1.93. The Balaban J connectivity index is 0.000000671. The van der Waals surface area contributed by atoms with Crippen molar-refractivity contribution in [1.29, 1.82) is 0 Å². The van der Waals surface area contributed by atoms with Gasteiger partial charge >= 0.3 is 0 Å². The lowest BCUT2D eigenvalue weighted by molar-refractivity contribution is 1.35. The molecule has 1 nitrogen and oxygen atoms in total. The first-order valence-electron chi connectivity index (χ1n) is 4.68. The molecule has 13 heavy (non-hydrogen) atoms. The molecule has 0 bridgehead atoms. The standard InChI is InChI=1S/C10H13N.C2H6/c1-8(2)11-10-7-5-4-6-9(10)3;1-2/h4-7,11H,1H2,2-3H3;1-2H3. The van der Waals surface area contributed by atoms with Gasteiger partial charge in [0.15, 0.2) is 0 Å². The zero-order valence-corrected chi connectivity index (χ0v) is 9.02. The summed E-state index contributed by atoms with van der Waals surface area (Å²) in [6.45, 7) is 11.8. The molecule has 0 heterocycles. The van der Waals surface area contributed by atoms with Gasteiger partial charge in [0.25, 0.3) is 0 Å². The van der Waals surface area contributed by atoms with Crippen molar-refractivity contribution in [1.82, 2.24) is 0 Å². The maximum absolute atomic E-state index is 3.78. The van der Waals surface area contributed by atoms with Gasteiger partial charge in [-0.15, -0.1) is 0 Å². The Bertz CT molecular complexity index is 264. The quantitative estimate of drug-likeness (QED) is 0.720. The largest absolute Gasteiger partial charge is 0.360 e. The normalized spacial score (nSPS) is 8.31. The molecule has 0 radical (unpaired) electrons. The summed E-state index contributed by atoms with van der Waals surface area (Å²) >= 11 is 0. The van der Waals surface area contributed by atoms with Gasteiger partial charge in [0.1, 0.15) is 0 Å². The highest BCUT2D eigenvalue weighted by molar-refractivity contribution is 5.53. The molecule has 0 atom stereocenters. The number of benzene rings is 1. The molecule has 72 valence electrons. The fourth-order valence-corrected chi connectivity index (χ4v) is 0.943. The van der Waals surface area contributed by atoms with Crippen LogP contribution in [0.3, 0.4) is 0 Å². The average molecular weight is 177 g/mol. The van der Waals surface area contributed by atoms with Gasteiger partial charge in [-0.25, -0.2) is 0 Å². The van der Waals surface area contributed by atoms with Crippen LogP contribution in [0.5, 0.6) is 0 Å². The molecule has 0 aliphatic carbocycles. The molecular formula is C12H19N. The van der Waals surface area contributed by atoms with Crippen LogP contribution in [0.2, 0.25) is 0 Å². The summed E-state index contributed by atoms with van der Waals surface area (Å²) in [5.74, 6) is 0. The van der Waals surface area contributed by atoms with Crippen molar-refractivity contribution in [3.63, 3.8) is 0 Å². The molecule has 1 heteroatoms. The molecule has 0 aliphatic heterocycles. The van der Waals surface area contributed by atoms with E-state index in [2.05, 4.69) is 24.9 Å². The van der Waals surface area contributed by atoms with E-state index in [1.54, 1.807) is 0 Å².